The topological polar surface area (TPSA) is 110 Å². The smallest absolute Gasteiger partial charge is 0.246 e. The van der Waals surface area contributed by atoms with Crippen LogP contribution in [-0.4, -0.2) is 37.6 Å². The molecular formula is C10H10FN3O4S. The second-order valence-corrected chi connectivity index (χ2v) is 5.80. The Kier molecular flexibility index (Phi) is 3.25. The van der Waals surface area contributed by atoms with Crippen LogP contribution in [0.1, 0.15) is 0 Å². The van der Waals surface area contributed by atoms with Crippen molar-refractivity contribution in [2.45, 2.75) is 4.90 Å². The Bertz CT molecular complexity index is 643. The maximum absolute atomic E-state index is 13.3. The summed E-state index contributed by atoms with van der Waals surface area (Å²) in [5, 5.41) is 1.97. The van der Waals surface area contributed by atoms with Crippen molar-refractivity contribution in [3.05, 3.63) is 24.0 Å². The molecule has 19 heavy (non-hydrogen) atoms. The number of imide groups is 1. The molecule has 102 valence electrons. The molecule has 1 aliphatic heterocycles. The number of hydrogen-bond acceptors (Lipinski definition) is 5. The van der Waals surface area contributed by atoms with E-state index in [0.717, 1.165) is 12.1 Å². The van der Waals surface area contributed by atoms with E-state index in [1.54, 1.807) is 0 Å². The summed E-state index contributed by atoms with van der Waals surface area (Å²) in [6, 6.07) is 3.32. The number of nitrogens with one attached hydrogen (secondary N) is 1. The molecule has 2 amide bonds. The van der Waals surface area contributed by atoms with Crippen molar-refractivity contribution in [3.63, 3.8) is 0 Å². The molecule has 1 aromatic carbocycles. The Morgan fingerprint density at radius 3 is 2.37 bits per heavy atom. The minimum atomic E-state index is -4.19. The van der Waals surface area contributed by atoms with Gasteiger partial charge in [0.25, 0.3) is 0 Å². The maximum atomic E-state index is 13.3. The second-order valence-electron chi connectivity index (χ2n) is 3.90. The molecule has 0 aliphatic carbocycles. The Balaban J connectivity index is 2.45. The summed E-state index contributed by atoms with van der Waals surface area (Å²) in [5.41, 5.74) is 4.84. The van der Waals surface area contributed by atoms with E-state index in [4.69, 9.17) is 5.73 Å². The van der Waals surface area contributed by atoms with Crippen LogP contribution in [0.4, 0.5) is 10.1 Å². The van der Waals surface area contributed by atoms with E-state index in [2.05, 4.69) is 0 Å². The van der Waals surface area contributed by atoms with Gasteiger partial charge in [0.1, 0.15) is 10.7 Å². The fourth-order valence-corrected chi connectivity index (χ4v) is 3.14. The number of para-hydroxylation sites is 1. The van der Waals surface area contributed by atoms with Crippen molar-refractivity contribution in [2.24, 2.45) is 0 Å². The van der Waals surface area contributed by atoms with Gasteiger partial charge < -0.3 is 5.73 Å². The van der Waals surface area contributed by atoms with Gasteiger partial charge in [-0.05, 0) is 12.1 Å². The van der Waals surface area contributed by atoms with Gasteiger partial charge in [-0.25, -0.2) is 12.8 Å². The van der Waals surface area contributed by atoms with E-state index in [9.17, 15) is 22.4 Å². The average molecular weight is 287 g/mol. The predicted molar refractivity (Wildman–Crippen MR) is 62.7 cm³/mol. The van der Waals surface area contributed by atoms with Crippen molar-refractivity contribution < 1.29 is 22.4 Å². The van der Waals surface area contributed by atoms with Crippen molar-refractivity contribution >= 4 is 27.5 Å². The number of hydrogen-bond donors (Lipinski definition) is 2. The lowest BCUT2D eigenvalue weighted by atomic mass is 10.3. The molecule has 9 heteroatoms. The van der Waals surface area contributed by atoms with Crippen LogP contribution in [0.25, 0.3) is 0 Å². The van der Waals surface area contributed by atoms with Crippen LogP contribution < -0.4 is 11.1 Å². The van der Waals surface area contributed by atoms with Crippen molar-refractivity contribution in [2.75, 3.05) is 18.8 Å². The number of rotatable bonds is 2. The van der Waals surface area contributed by atoms with Gasteiger partial charge >= 0.3 is 0 Å². The number of nitrogens with zero attached hydrogens (tertiary/aromatic N) is 1. The number of benzene rings is 1. The van der Waals surface area contributed by atoms with Gasteiger partial charge in [-0.2, -0.15) is 4.31 Å². The molecule has 0 radical (unpaired) electrons. The number of carbonyl (C=O) groups excluding carboxylic acids is 2. The molecule has 0 aromatic heterocycles. The molecule has 0 saturated carbocycles. The molecule has 0 unspecified atom stereocenters. The van der Waals surface area contributed by atoms with Gasteiger partial charge in [0.05, 0.1) is 18.8 Å². The number of nitrogens with two attached hydrogens (primary N) is 1. The van der Waals surface area contributed by atoms with Crippen LogP contribution in [0.15, 0.2) is 23.1 Å². The first-order chi connectivity index (χ1) is 8.82. The first-order valence-corrected chi connectivity index (χ1v) is 6.63. The van der Waals surface area contributed by atoms with Crippen molar-refractivity contribution in [1.29, 1.82) is 0 Å². The van der Waals surface area contributed by atoms with E-state index in [1.807, 2.05) is 5.32 Å². The van der Waals surface area contributed by atoms with Crippen LogP contribution in [0.3, 0.4) is 0 Å². The molecule has 1 aliphatic rings. The number of anilines is 1. The summed E-state index contributed by atoms with van der Waals surface area (Å²) >= 11 is 0. The average Bonchev–Trinajstić information content (AvgIpc) is 2.31. The van der Waals surface area contributed by atoms with E-state index >= 15 is 0 Å². The predicted octanol–water partition coefficient (Wildman–Crippen LogP) is -0.945. The first kappa shape index (κ1) is 13.4. The lowest BCUT2D eigenvalue weighted by molar-refractivity contribution is -0.134. The molecule has 2 rings (SSSR count). The van der Waals surface area contributed by atoms with Crippen LogP contribution in [-0.2, 0) is 19.6 Å². The minimum absolute atomic E-state index is 0.463. The van der Waals surface area contributed by atoms with Crippen LogP contribution in [0.5, 0.6) is 0 Å². The highest BCUT2D eigenvalue weighted by Crippen LogP contribution is 2.24. The summed E-state index contributed by atoms with van der Waals surface area (Å²) < 4.78 is 38.3. The third-order valence-corrected chi connectivity index (χ3v) is 4.40. The molecule has 0 atom stereocenters. The molecule has 1 saturated heterocycles. The minimum Gasteiger partial charge on any atom is -0.395 e. The molecule has 1 heterocycles. The Hall–Kier alpha value is -2.00. The standard InChI is InChI=1S/C10H10FN3O4S/c11-6-2-1-3-7(10(6)12)19(17,18)14-4-8(15)13-9(16)5-14/h1-3H,4-5,12H2,(H,13,15,16). The zero-order chi connectivity index (χ0) is 14.2. The molecule has 1 aromatic rings. The summed E-state index contributed by atoms with van der Waals surface area (Å²) in [4.78, 5) is 21.9. The van der Waals surface area contributed by atoms with Crippen molar-refractivity contribution in [3.8, 4) is 0 Å². The third-order valence-electron chi connectivity index (χ3n) is 2.55. The molecule has 0 bridgehead atoms. The zero-order valence-electron chi connectivity index (χ0n) is 9.59. The quantitative estimate of drug-likeness (QED) is 0.538. The summed E-state index contributed by atoms with van der Waals surface area (Å²) in [6.45, 7) is -1.02. The monoisotopic (exact) mass is 287 g/mol. The summed E-state index contributed by atoms with van der Waals surface area (Å²) in [6.07, 6.45) is 0. The number of nitrogen functional groups attached to an aromatic ring is 1. The fraction of sp³-hybridized carbons (Fsp3) is 0.200. The largest absolute Gasteiger partial charge is 0.395 e. The molecule has 3 N–H and O–H groups in total. The number of halogens is 1. The van der Waals surface area contributed by atoms with Gasteiger partial charge in [-0.15, -0.1) is 0 Å². The van der Waals surface area contributed by atoms with E-state index in [1.165, 1.54) is 6.07 Å². The number of carbonyl (C=O) groups is 2. The number of amides is 2. The van der Waals surface area contributed by atoms with Gasteiger partial charge in [-0.3, -0.25) is 14.9 Å². The lowest BCUT2D eigenvalue weighted by Crippen LogP contribution is -2.53. The summed E-state index contributed by atoms with van der Waals surface area (Å²) in [5.74, 6) is -2.36. The van der Waals surface area contributed by atoms with Crippen LogP contribution in [0, 0.1) is 5.82 Å². The van der Waals surface area contributed by atoms with Crippen molar-refractivity contribution in [1.82, 2.24) is 9.62 Å². The lowest BCUT2D eigenvalue weighted by Gasteiger charge is -2.25. The van der Waals surface area contributed by atoms with Crippen LogP contribution in [0.2, 0.25) is 0 Å². The SMILES string of the molecule is Nc1c(F)cccc1S(=O)(=O)N1CC(=O)NC(=O)C1. The van der Waals surface area contributed by atoms with E-state index in [-0.39, 0.29) is 0 Å². The third kappa shape index (κ3) is 2.42. The maximum Gasteiger partial charge on any atom is 0.246 e. The van der Waals surface area contributed by atoms with Gasteiger partial charge in [0.2, 0.25) is 21.8 Å². The molecular weight excluding hydrogens is 277 g/mol. The molecule has 1 fully saturated rings. The zero-order valence-corrected chi connectivity index (χ0v) is 10.4. The number of sulfonamides is 1. The molecule has 0 spiro atoms. The highest BCUT2D eigenvalue weighted by Gasteiger charge is 2.34. The fourth-order valence-electron chi connectivity index (χ4n) is 1.66. The Morgan fingerprint density at radius 2 is 1.79 bits per heavy atom. The first-order valence-electron chi connectivity index (χ1n) is 5.19. The van der Waals surface area contributed by atoms with Gasteiger partial charge in [-0.1, -0.05) is 6.07 Å². The van der Waals surface area contributed by atoms with Gasteiger partial charge in [0.15, 0.2) is 0 Å². The van der Waals surface area contributed by atoms with Crippen LogP contribution >= 0.6 is 0 Å². The van der Waals surface area contributed by atoms with E-state index in [0.29, 0.717) is 4.31 Å². The highest BCUT2D eigenvalue weighted by atomic mass is 32.2. The normalized spacial score (nSPS) is 17.3. The second kappa shape index (κ2) is 4.59. The Labute approximate surface area is 108 Å². The summed E-state index contributed by atoms with van der Waals surface area (Å²) in [7, 11) is -4.19. The Morgan fingerprint density at radius 1 is 1.21 bits per heavy atom. The highest BCUT2D eigenvalue weighted by molar-refractivity contribution is 7.89. The van der Waals surface area contributed by atoms with Gasteiger partial charge in [0, 0.05) is 0 Å². The number of piperazine rings is 1. The molecule has 7 nitrogen and oxygen atoms in total. The van der Waals surface area contributed by atoms with E-state index < -0.39 is 51.3 Å².